The summed E-state index contributed by atoms with van der Waals surface area (Å²) < 4.78 is 12.9. The zero-order chi connectivity index (χ0) is 39.5. The lowest BCUT2D eigenvalue weighted by atomic mass is 9.86. The van der Waals surface area contributed by atoms with Crippen LogP contribution in [0.5, 0.6) is 34.5 Å². The second kappa shape index (κ2) is 17.3. The van der Waals surface area contributed by atoms with Crippen LogP contribution in [0.2, 0.25) is 0 Å². The summed E-state index contributed by atoms with van der Waals surface area (Å²) in [6, 6.07) is 16.6. The molecule has 292 valence electrons. The summed E-state index contributed by atoms with van der Waals surface area (Å²) >= 11 is 3.94. The molecule has 4 aromatic carbocycles. The molecule has 1 aliphatic carbocycles. The Balaban J connectivity index is 1.40. The summed E-state index contributed by atoms with van der Waals surface area (Å²) in [5.41, 5.74) is 11.2. The fraction of sp³-hybridized carbons (Fsp3) is 0.500. The van der Waals surface area contributed by atoms with E-state index in [0.29, 0.717) is 33.5 Å². The Morgan fingerprint density at radius 2 is 0.852 bits per heavy atom. The number of aryl methyl sites for hydroxylation is 4. The number of phenolic OH excluding ortho intramolecular Hbond substituents is 2. The largest absolute Gasteiger partial charge is 0.504 e. The molecule has 1 fully saturated rings. The number of phenols is 2. The number of thioether (sulfide) groups is 2. The Labute approximate surface area is 334 Å². The first kappa shape index (κ1) is 41.9. The molecule has 2 N–H and O–H groups in total. The summed E-state index contributed by atoms with van der Waals surface area (Å²) in [4.78, 5) is 0. The first-order valence-corrected chi connectivity index (χ1v) is 21.9. The molecule has 0 heterocycles. The van der Waals surface area contributed by atoms with Gasteiger partial charge in [-0.25, -0.2) is 0 Å². The molecule has 6 heteroatoms. The summed E-state index contributed by atoms with van der Waals surface area (Å²) in [6.45, 7) is 26.0. The maximum absolute atomic E-state index is 11.7. The van der Waals surface area contributed by atoms with Crippen LogP contribution in [0.1, 0.15) is 136 Å². The van der Waals surface area contributed by atoms with Crippen LogP contribution in [-0.4, -0.2) is 20.7 Å². The highest BCUT2D eigenvalue weighted by Gasteiger charge is 2.28. The molecule has 5 rings (SSSR count). The van der Waals surface area contributed by atoms with E-state index < -0.39 is 0 Å². The third-order valence-corrected chi connectivity index (χ3v) is 14.5. The molecule has 2 unspecified atom stereocenters. The van der Waals surface area contributed by atoms with E-state index in [0.717, 1.165) is 46.6 Å². The molecule has 1 saturated carbocycles. The Morgan fingerprint density at radius 3 is 1.17 bits per heavy atom. The average molecular weight is 769 g/mol. The molecule has 0 bridgehead atoms. The van der Waals surface area contributed by atoms with Gasteiger partial charge in [0.15, 0.2) is 23.0 Å². The van der Waals surface area contributed by atoms with Gasteiger partial charge in [-0.05, 0) is 146 Å². The predicted molar refractivity (Wildman–Crippen MR) is 233 cm³/mol. The molecule has 0 spiro atoms. The summed E-state index contributed by atoms with van der Waals surface area (Å²) in [5, 5.41) is 24.2. The van der Waals surface area contributed by atoms with Crippen LogP contribution in [0.4, 0.5) is 0 Å². The van der Waals surface area contributed by atoms with Crippen LogP contribution in [0, 0.1) is 41.5 Å². The molecule has 4 nitrogen and oxygen atoms in total. The standard InChI is InChI=1S/C48H64O4S2/c1-29-19-39(20-30(2)33(29)5)51-41-25-37(47(7,8)9)23-35(45(41)49)27-53-43-17-15-13-14-16-18-44(43)54-28-36-24-38(48(10,11)12)26-42(46(36)50)52-40-21-31(3)34(6)32(4)22-40/h19-26,43-44,49-50H,13-18,27-28H2,1-12H3. The van der Waals surface area contributed by atoms with E-state index in [1.165, 1.54) is 59.1 Å². The molecule has 4 aromatic rings. The maximum atomic E-state index is 11.7. The van der Waals surface area contributed by atoms with Crippen molar-refractivity contribution in [2.75, 3.05) is 0 Å². The first-order valence-electron chi connectivity index (χ1n) is 19.8. The van der Waals surface area contributed by atoms with Crippen LogP contribution in [0.25, 0.3) is 0 Å². The van der Waals surface area contributed by atoms with E-state index in [-0.39, 0.29) is 22.3 Å². The van der Waals surface area contributed by atoms with Crippen molar-refractivity contribution in [2.24, 2.45) is 0 Å². The predicted octanol–water partition coefficient (Wildman–Crippen LogP) is 14.4. The fourth-order valence-corrected chi connectivity index (χ4v) is 10.2. The van der Waals surface area contributed by atoms with E-state index in [1.807, 2.05) is 35.7 Å². The van der Waals surface area contributed by atoms with Gasteiger partial charge in [-0.15, -0.1) is 0 Å². The maximum Gasteiger partial charge on any atom is 0.169 e. The minimum atomic E-state index is -0.105. The van der Waals surface area contributed by atoms with Crippen molar-refractivity contribution in [2.45, 2.75) is 154 Å². The second-order valence-electron chi connectivity index (χ2n) is 17.7. The summed E-state index contributed by atoms with van der Waals surface area (Å²) in [5.74, 6) is 4.43. The van der Waals surface area contributed by atoms with Gasteiger partial charge in [-0.2, -0.15) is 23.5 Å². The van der Waals surface area contributed by atoms with Crippen LogP contribution >= 0.6 is 23.5 Å². The normalized spacial score (nSPS) is 16.9. The van der Waals surface area contributed by atoms with Crippen molar-refractivity contribution in [3.63, 3.8) is 0 Å². The quantitative estimate of drug-likeness (QED) is 0.168. The lowest BCUT2D eigenvalue weighted by Crippen LogP contribution is -2.22. The van der Waals surface area contributed by atoms with Gasteiger partial charge in [0.2, 0.25) is 0 Å². The fourth-order valence-electron chi connectivity index (χ4n) is 7.13. The third kappa shape index (κ3) is 10.3. The number of hydrogen-bond acceptors (Lipinski definition) is 6. The molecule has 0 saturated heterocycles. The van der Waals surface area contributed by atoms with Crippen LogP contribution < -0.4 is 9.47 Å². The third-order valence-electron chi connectivity index (χ3n) is 11.3. The van der Waals surface area contributed by atoms with Gasteiger partial charge in [-0.1, -0.05) is 79.4 Å². The minimum Gasteiger partial charge on any atom is -0.504 e. The summed E-state index contributed by atoms with van der Waals surface area (Å²) in [7, 11) is 0. The van der Waals surface area contributed by atoms with Gasteiger partial charge >= 0.3 is 0 Å². The van der Waals surface area contributed by atoms with Crippen molar-refractivity contribution < 1.29 is 19.7 Å². The topological polar surface area (TPSA) is 58.9 Å². The van der Waals surface area contributed by atoms with E-state index in [1.54, 1.807) is 0 Å². The number of benzene rings is 4. The van der Waals surface area contributed by atoms with E-state index in [2.05, 4.69) is 119 Å². The zero-order valence-electron chi connectivity index (χ0n) is 35.0. The monoisotopic (exact) mass is 768 g/mol. The first-order chi connectivity index (χ1) is 25.3. The van der Waals surface area contributed by atoms with Gasteiger partial charge < -0.3 is 19.7 Å². The zero-order valence-corrected chi connectivity index (χ0v) is 36.6. The highest BCUT2D eigenvalue weighted by molar-refractivity contribution is 8.03. The summed E-state index contributed by atoms with van der Waals surface area (Å²) in [6.07, 6.45) is 7.23. The molecule has 2 atom stereocenters. The number of ether oxygens (including phenoxy) is 2. The van der Waals surface area contributed by atoms with Gasteiger partial charge in [0.05, 0.1) is 0 Å². The highest BCUT2D eigenvalue weighted by Crippen LogP contribution is 2.45. The Bertz CT molecular complexity index is 1760. The molecule has 0 amide bonds. The van der Waals surface area contributed by atoms with Crippen molar-refractivity contribution in [3.05, 3.63) is 104 Å². The Kier molecular flexibility index (Phi) is 13.4. The van der Waals surface area contributed by atoms with Crippen molar-refractivity contribution in [1.29, 1.82) is 0 Å². The number of hydrogen-bond donors (Lipinski definition) is 2. The van der Waals surface area contributed by atoms with Crippen molar-refractivity contribution in [1.82, 2.24) is 0 Å². The minimum absolute atomic E-state index is 0.105. The van der Waals surface area contributed by atoms with Crippen molar-refractivity contribution >= 4 is 23.5 Å². The molecule has 54 heavy (non-hydrogen) atoms. The number of rotatable bonds is 10. The molecule has 0 aromatic heterocycles. The molecular weight excluding hydrogens is 705 g/mol. The van der Waals surface area contributed by atoms with E-state index in [9.17, 15) is 10.2 Å². The smallest absolute Gasteiger partial charge is 0.169 e. The lowest BCUT2D eigenvalue weighted by Gasteiger charge is -2.30. The molecule has 0 aliphatic heterocycles. The second-order valence-corrected chi connectivity index (χ2v) is 20.2. The van der Waals surface area contributed by atoms with Crippen LogP contribution in [0.3, 0.4) is 0 Å². The Hall–Kier alpha value is -3.22. The molecule has 0 radical (unpaired) electrons. The average Bonchev–Trinajstić information content (AvgIpc) is 3.07. The van der Waals surface area contributed by atoms with E-state index in [4.69, 9.17) is 9.47 Å². The SMILES string of the molecule is Cc1cc(Oc2cc(C(C)(C)C)cc(CSC3CCCCCCC3SCc3cc(C(C)(C)C)cc(Oc4cc(C)c(C)c(C)c4)c3O)c2O)cc(C)c1C. The van der Waals surface area contributed by atoms with Crippen LogP contribution in [-0.2, 0) is 22.3 Å². The highest BCUT2D eigenvalue weighted by atomic mass is 32.2. The van der Waals surface area contributed by atoms with Gasteiger partial charge in [0, 0.05) is 33.1 Å². The van der Waals surface area contributed by atoms with Gasteiger partial charge in [0.25, 0.3) is 0 Å². The van der Waals surface area contributed by atoms with Crippen molar-refractivity contribution in [3.8, 4) is 34.5 Å². The van der Waals surface area contributed by atoms with Gasteiger partial charge in [-0.3, -0.25) is 0 Å². The Morgan fingerprint density at radius 1 is 0.519 bits per heavy atom. The molecule has 1 aliphatic rings. The van der Waals surface area contributed by atoms with Crippen LogP contribution in [0.15, 0.2) is 48.5 Å². The van der Waals surface area contributed by atoms with Gasteiger partial charge in [0.1, 0.15) is 11.5 Å². The van der Waals surface area contributed by atoms with E-state index >= 15 is 0 Å². The lowest BCUT2D eigenvalue weighted by molar-refractivity contribution is 0.405. The molecular formula is C48H64O4S2. The number of aromatic hydroxyl groups is 2.